The van der Waals surface area contributed by atoms with E-state index in [0.717, 1.165) is 10.5 Å². The molecule has 1 rings (SSSR count). The van der Waals surface area contributed by atoms with Crippen LogP contribution in [0.1, 0.15) is 22.8 Å². The predicted octanol–water partition coefficient (Wildman–Crippen LogP) is 1.84. The third kappa shape index (κ3) is 3.38. The molecule has 4 nitrogen and oxygen atoms in total. The van der Waals surface area contributed by atoms with Gasteiger partial charge in [-0.2, -0.15) is 0 Å². The van der Waals surface area contributed by atoms with Gasteiger partial charge in [-0.1, -0.05) is 6.92 Å². The van der Waals surface area contributed by atoms with E-state index >= 15 is 0 Å². The minimum atomic E-state index is -0.440. The number of aryl methyl sites for hydroxylation is 1. The highest BCUT2D eigenvalue weighted by atomic mass is 32.2. The van der Waals surface area contributed by atoms with Crippen molar-refractivity contribution in [3.63, 3.8) is 0 Å². The van der Waals surface area contributed by atoms with E-state index in [1.54, 1.807) is 6.07 Å². The van der Waals surface area contributed by atoms with Gasteiger partial charge in [-0.05, 0) is 24.6 Å². The molecule has 0 aliphatic rings. The molecule has 0 saturated carbocycles. The van der Waals surface area contributed by atoms with Gasteiger partial charge in [0.2, 0.25) is 0 Å². The van der Waals surface area contributed by atoms with Crippen molar-refractivity contribution in [1.29, 1.82) is 0 Å². The van der Waals surface area contributed by atoms with Gasteiger partial charge in [0.15, 0.2) is 0 Å². The molecule has 0 bridgehead atoms. The van der Waals surface area contributed by atoms with Gasteiger partial charge in [-0.15, -0.1) is 11.8 Å². The molecule has 5 heteroatoms. The molecule has 0 heterocycles. The molecule has 0 spiro atoms. The Kier molecular flexibility index (Phi) is 4.84. The summed E-state index contributed by atoms with van der Waals surface area (Å²) in [7, 11) is 1.33. The molecule has 0 fully saturated rings. The van der Waals surface area contributed by atoms with E-state index in [0.29, 0.717) is 11.3 Å². The average molecular weight is 255 g/mol. The Morgan fingerprint density at radius 3 is 2.76 bits per heavy atom. The topological polar surface area (TPSA) is 72.5 Å². The minimum Gasteiger partial charge on any atom is -0.465 e. The van der Waals surface area contributed by atoms with Gasteiger partial charge >= 0.3 is 5.97 Å². The maximum Gasteiger partial charge on any atom is 0.340 e. The lowest BCUT2D eigenvalue weighted by molar-refractivity contribution is 0.0601. The van der Waals surface area contributed by atoms with Crippen LogP contribution in [0.4, 0.5) is 5.69 Å². The van der Waals surface area contributed by atoms with E-state index < -0.39 is 5.97 Å². The first kappa shape index (κ1) is 13.9. The average Bonchev–Trinajstić information content (AvgIpc) is 2.32. The normalized spacial score (nSPS) is 12.2. The van der Waals surface area contributed by atoms with Gasteiger partial charge in [-0.3, -0.25) is 0 Å². The maximum absolute atomic E-state index is 11.5. The van der Waals surface area contributed by atoms with Crippen LogP contribution < -0.4 is 5.73 Å². The van der Waals surface area contributed by atoms with Crippen LogP contribution in [0.15, 0.2) is 17.0 Å². The molecule has 1 aromatic carbocycles. The number of hydrogen-bond acceptors (Lipinski definition) is 5. The summed E-state index contributed by atoms with van der Waals surface area (Å²) < 4.78 is 4.68. The second-order valence-corrected chi connectivity index (χ2v) is 5.32. The number of methoxy groups -OCH3 is 1. The van der Waals surface area contributed by atoms with E-state index in [9.17, 15) is 4.79 Å². The Morgan fingerprint density at radius 2 is 2.24 bits per heavy atom. The van der Waals surface area contributed by atoms with Gasteiger partial charge in [-0.25, -0.2) is 4.79 Å². The van der Waals surface area contributed by atoms with Crippen LogP contribution in [0.25, 0.3) is 0 Å². The number of anilines is 1. The van der Waals surface area contributed by atoms with E-state index in [2.05, 4.69) is 4.74 Å². The quantitative estimate of drug-likeness (QED) is 0.488. The first-order valence-electron chi connectivity index (χ1n) is 5.25. The lowest BCUT2D eigenvalue weighted by Gasteiger charge is -2.12. The Morgan fingerprint density at radius 1 is 1.59 bits per heavy atom. The number of ether oxygens (including phenoxy) is 1. The molecule has 17 heavy (non-hydrogen) atoms. The number of rotatable bonds is 4. The molecule has 0 aliphatic heterocycles. The highest BCUT2D eigenvalue weighted by molar-refractivity contribution is 8.00. The smallest absolute Gasteiger partial charge is 0.340 e. The van der Waals surface area contributed by atoms with Crippen LogP contribution in [-0.2, 0) is 4.74 Å². The summed E-state index contributed by atoms with van der Waals surface area (Å²) in [5, 5.41) is 9.08. The van der Waals surface area contributed by atoms with Crippen molar-refractivity contribution in [2.45, 2.75) is 24.0 Å². The summed E-state index contributed by atoms with van der Waals surface area (Å²) in [4.78, 5) is 12.4. The van der Waals surface area contributed by atoms with Gasteiger partial charge in [0.05, 0.1) is 19.3 Å². The zero-order valence-electron chi connectivity index (χ0n) is 10.2. The number of nitrogens with two attached hydrogens (primary N) is 1. The highest BCUT2D eigenvalue weighted by Crippen LogP contribution is 2.29. The highest BCUT2D eigenvalue weighted by Gasteiger charge is 2.14. The van der Waals surface area contributed by atoms with Gasteiger partial charge < -0.3 is 15.6 Å². The van der Waals surface area contributed by atoms with E-state index in [1.165, 1.54) is 18.9 Å². The summed E-state index contributed by atoms with van der Waals surface area (Å²) in [6.07, 6.45) is 0. The number of carbonyl (C=O) groups is 1. The number of aliphatic hydroxyl groups excluding tert-OH is 1. The summed E-state index contributed by atoms with van der Waals surface area (Å²) >= 11 is 1.50. The van der Waals surface area contributed by atoms with Crippen molar-refractivity contribution < 1.29 is 14.6 Å². The fourth-order valence-electron chi connectivity index (χ4n) is 1.38. The standard InChI is InChI=1S/C12H17NO3S/c1-7-4-9(17-8(2)6-14)5-10(11(7)13)12(15)16-3/h4-5,8,14H,6,13H2,1-3H3. The van der Waals surface area contributed by atoms with Crippen molar-refractivity contribution in [2.75, 3.05) is 19.5 Å². The SMILES string of the molecule is COC(=O)c1cc(SC(C)CO)cc(C)c1N. The molecule has 1 unspecified atom stereocenters. The number of hydrogen-bond donors (Lipinski definition) is 2. The first-order chi connectivity index (χ1) is 7.99. The zero-order chi connectivity index (χ0) is 13.0. The maximum atomic E-state index is 11.5. The second kappa shape index (κ2) is 5.93. The van der Waals surface area contributed by atoms with Crippen LogP contribution in [0.2, 0.25) is 0 Å². The van der Waals surface area contributed by atoms with Crippen LogP contribution in [0.5, 0.6) is 0 Å². The molecule has 1 aromatic rings. The number of nitrogen functional groups attached to an aromatic ring is 1. The van der Waals surface area contributed by atoms with Gasteiger partial charge in [0.25, 0.3) is 0 Å². The third-order valence-electron chi connectivity index (χ3n) is 2.36. The van der Waals surface area contributed by atoms with Crippen molar-refractivity contribution in [2.24, 2.45) is 0 Å². The summed E-state index contributed by atoms with van der Waals surface area (Å²) in [5.41, 5.74) is 7.48. The molecule has 1 atom stereocenters. The second-order valence-electron chi connectivity index (χ2n) is 3.80. The van der Waals surface area contributed by atoms with Crippen molar-refractivity contribution in [1.82, 2.24) is 0 Å². The molecule has 0 saturated heterocycles. The molecule has 0 amide bonds. The summed E-state index contributed by atoms with van der Waals surface area (Å²) in [5.74, 6) is -0.440. The third-order valence-corrected chi connectivity index (χ3v) is 3.42. The first-order valence-corrected chi connectivity index (χ1v) is 6.13. The Hall–Kier alpha value is -1.20. The molecule has 94 valence electrons. The van der Waals surface area contributed by atoms with E-state index in [4.69, 9.17) is 10.8 Å². The van der Waals surface area contributed by atoms with Crippen molar-refractivity contribution in [3.8, 4) is 0 Å². The summed E-state index contributed by atoms with van der Waals surface area (Å²) in [6.45, 7) is 3.84. The van der Waals surface area contributed by atoms with Crippen molar-refractivity contribution in [3.05, 3.63) is 23.3 Å². The van der Waals surface area contributed by atoms with Crippen LogP contribution in [0, 0.1) is 6.92 Å². The predicted molar refractivity (Wildman–Crippen MR) is 69.3 cm³/mol. The minimum absolute atomic E-state index is 0.0727. The fraction of sp³-hybridized carbons (Fsp3) is 0.417. The number of benzene rings is 1. The zero-order valence-corrected chi connectivity index (χ0v) is 11.0. The molecular formula is C12H17NO3S. The number of aliphatic hydroxyl groups is 1. The molecule has 3 N–H and O–H groups in total. The largest absolute Gasteiger partial charge is 0.465 e. The lowest BCUT2D eigenvalue weighted by Crippen LogP contribution is -2.08. The summed E-state index contributed by atoms with van der Waals surface area (Å²) in [6, 6.07) is 3.60. The number of thioether (sulfide) groups is 1. The Bertz CT molecular complexity index is 420. The van der Waals surface area contributed by atoms with Gasteiger partial charge in [0.1, 0.15) is 0 Å². The van der Waals surface area contributed by atoms with Crippen LogP contribution in [0.3, 0.4) is 0 Å². The number of esters is 1. The molecule has 0 aromatic heterocycles. The van der Waals surface area contributed by atoms with Crippen molar-refractivity contribution >= 4 is 23.4 Å². The monoisotopic (exact) mass is 255 g/mol. The lowest BCUT2D eigenvalue weighted by atomic mass is 10.1. The van der Waals surface area contributed by atoms with E-state index in [1.807, 2.05) is 19.9 Å². The van der Waals surface area contributed by atoms with Crippen LogP contribution >= 0.6 is 11.8 Å². The van der Waals surface area contributed by atoms with Gasteiger partial charge in [0, 0.05) is 15.8 Å². The fourth-order valence-corrected chi connectivity index (χ4v) is 2.35. The Labute approximate surface area is 105 Å². The van der Waals surface area contributed by atoms with E-state index in [-0.39, 0.29) is 11.9 Å². The molecular weight excluding hydrogens is 238 g/mol. The Balaban J connectivity index is 3.10. The number of carbonyl (C=O) groups excluding carboxylic acids is 1. The molecule has 0 radical (unpaired) electrons. The molecule has 0 aliphatic carbocycles. The van der Waals surface area contributed by atoms with Crippen LogP contribution in [-0.4, -0.2) is 30.0 Å².